The highest BCUT2D eigenvalue weighted by Crippen LogP contribution is 2.25. The summed E-state index contributed by atoms with van der Waals surface area (Å²) >= 11 is 0. The molecule has 8 heteroatoms. The average molecular weight is 322 g/mol. The molecule has 0 bridgehead atoms. The maximum Gasteiger partial charge on any atom is 0.339 e. The van der Waals surface area contributed by atoms with Gasteiger partial charge in [0.05, 0.1) is 17.6 Å². The molecule has 2 rings (SSSR count). The van der Waals surface area contributed by atoms with Crippen LogP contribution in [0.3, 0.4) is 0 Å². The van der Waals surface area contributed by atoms with E-state index in [1.54, 1.807) is 0 Å². The van der Waals surface area contributed by atoms with Crippen LogP contribution < -0.4 is 5.32 Å². The van der Waals surface area contributed by atoms with Crippen molar-refractivity contribution in [2.24, 2.45) is 0 Å². The molecule has 1 N–H and O–H groups in total. The zero-order chi connectivity index (χ0) is 16.8. The Hall–Kier alpha value is -2.22. The summed E-state index contributed by atoms with van der Waals surface area (Å²) in [6, 6.07) is 1.35. The van der Waals surface area contributed by atoms with E-state index in [-0.39, 0.29) is 23.1 Å². The van der Waals surface area contributed by atoms with Gasteiger partial charge in [-0.05, 0) is 25.8 Å². The van der Waals surface area contributed by atoms with Crippen LogP contribution in [0.1, 0.15) is 36.5 Å². The molecule has 0 unspecified atom stereocenters. The smallest absolute Gasteiger partial charge is 0.339 e. The molecular weight excluding hydrogens is 300 g/mol. The molecule has 1 saturated heterocycles. The zero-order valence-corrected chi connectivity index (χ0v) is 13.4. The van der Waals surface area contributed by atoms with Crippen LogP contribution in [-0.2, 0) is 4.74 Å². The number of nitrogens with zero attached hydrogens (tertiary/aromatic N) is 3. The summed E-state index contributed by atoms with van der Waals surface area (Å²) in [6.07, 6.45) is 4.25. The Morgan fingerprint density at radius 3 is 2.78 bits per heavy atom. The lowest BCUT2D eigenvalue weighted by Crippen LogP contribution is -2.39. The second kappa shape index (κ2) is 7.87. The van der Waals surface area contributed by atoms with Crippen molar-refractivity contribution < 1.29 is 14.5 Å². The van der Waals surface area contributed by atoms with E-state index in [1.165, 1.54) is 19.4 Å². The number of anilines is 1. The highest BCUT2D eigenvalue weighted by atomic mass is 16.6. The Bertz CT molecular complexity index is 571. The number of hydrogen-bond acceptors (Lipinski definition) is 7. The van der Waals surface area contributed by atoms with Gasteiger partial charge in [0.25, 0.3) is 0 Å². The van der Waals surface area contributed by atoms with E-state index in [4.69, 9.17) is 0 Å². The molecule has 0 atom stereocenters. The first-order chi connectivity index (χ1) is 11.0. The van der Waals surface area contributed by atoms with E-state index in [2.05, 4.69) is 26.9 Å². The van der Waals surface area contributed by atoms with E-state index < -0.39 is 10.9 Å². The molecular formula is C15H22N4O4. The van der Waals surface area contributed by atoms with E-state index in [0.29, 0.717) is 0 Å². The van der Waals surface area contributed by atoms with Crippen LogP contribution in [0.4, 0.5) is 11.5 Å². The number of rotatable bonds is 6. The minimum atomic E-state index is -0.639. The van der Waals surface area contributed by atoms with Crippen molar-refractivity contribution in [3.8, 4) is 0 Å². The number of ether oxygens (including phenoxy) is 1. The van der Waals surface area contributed by atoms with Crippen LogP contribution in [0.2, 0.25) is 0 Å². The van der Waals surface area contributed by atoms with Gasteiger partial charge in [0.1, 0.15) is 0 Å². The van der Waals surface area contributed by atoms with E-state index in [9.17, 15) is 14.9 Å². The van der Waals surface area contributed by atoms with E-state index in [0.717, 1.165) is 38.9 Å². The molecule has 1 aliphatic heterocycles. The van der Waals surface area contributed by atoms with Crippen molar-refractivity contribution in [3.63, 3.8) is 0 Å². The number of carbonyl (C=O) groups excluding carboxylic acids is 1. The van der Waals surface area contributed by atoms with Crippen molar-refractivity contribution in [2.75, 3.05) is 32.1 Å². The molecule has 1 aromatic rings. The van der Waals surface area contributed by atoms with Gasteiger partial charge in [-0.3, -0.25) is 10.1 Å². The van der Waals surface area contributed by atoms with Crippen molar-refractivity contribution in [3.05, 3.63) is 27.9 Å². The van der Waals surface area contributed by atoms with Crippen molar-refractivity contribution in [2.45, 2.75) is 32.2 Å². The summed E-state index contributed by atoms with van der Waals surface area (Å²) in [4.78, 5) is 28.6. The standard InChI is InChI=1S/C15H22N4O4/c1-3-6-18-7-4-12(5-8-18)17-14-13(19(21)22)9-11(10-16-14)15(20)23-2/h9-10,12H,3-8H2,1-2H3,(H,16,17). The van der Waals surface area contributed by atoms with Crippen LogP contribution in [0.5, 0.6) is 0 Å². The Kier molecular flexibility index (Phi) is 5.86. The van der Waals surface area contributed by atoms with Gasteiger partial charge in [0.15, 0.2) is 0 Å². The number of hydrogen-bond donors (Lipinski definition) is 1. The molecule has 0 aromatic carbocycles. The summed E-state index contributed by atoms with van der Waals surface area (Å²) in [6.45, 7) is 5.18. The summed E-state index contributed by atoms with van der Waals surface area (Å²) < 4.78 is 4.57. The molecule has 126 valence electrons. The molecule has 0 radical (unpaired) electrons. The maximum atomic E-state index is 11.5. The average Bonchev–Trinajstić information content (AvgIpc) is 2.56. The van der Waals surface area contributed by atoms with Crippen LogP contribution in [-0.4, -0.2) is 53.6 Å². The molecule has 8 nitrogen and oxygen atoms in total. The van der Waals surface area contributed by atoms with Crippen LogP contribution >= 0.6 is 0 Å². The highest BCUT2D eigenvalue weighted by molar-refractivity contribution is 5.90. The Morgan fingerprint density at radius 1 is 1.52 bits per heavy atom. The lowest BCUT2D eigenvalue weighted by atomic mass is 10.0. The predicted molar refractivity (Wildman–Crippen MR) is 85.6 cm³/mol. The SMILES string of the molecule is CCCN1CCC(Nc2ncc(C(=O)OC)cc2[N+](=O)[O-])CC1. The molecule has 0 aliphatic carbocycles. The predicted octanol–water partition coefficient (Wildman–Crippen LogP) is 2.06. The van der Waals surface area contributed by atoms with Gasteiger partial charge >= 0.3 is 11.7 Å². The summed E-state index contributed by atoms with van der Waals surface area (Å²) in [5.74, 6) is -0.434. The Morgan fingerprint density at radius 2 is 2.22 bits per heavy atom. The van der Waals surface area contributed by atoms with Crippen molar-refractivity contribution in [1.29, 1.82) is 0 Å². The number of nitro groups is 1. The quantitative estimate of drug-likeness (QED) is 0.486. The van der Waals surface area contributed by atoms with Crippen LogP contribution in [0.25, 0.3) is 0 Å². The normalized spacial score (nSPS) is 16.1. The third kappa shape index (κ3) is 4.38. The van der Waals surface area contributed by atoms with Gasteiger partial charge in [0.2, 0.25) is 5.82 Å². The molecule has 2 heterocycles. The molecule has 0 amide bonds. The van der Waals surface area contributed by atoms with Gasteiger partial charge in [-0.1, -0.05) is 6.92 Å². The zero-order valence-electron chi connectivity index (χ0n) is 13.4. The second-order valence-corrected chi connectivity index (χ2v) is 5.60. The number of aromatic nitrogens is 1. The van der Waals surface area contributed by atoms with E-state index >= 15 is 0 Å². The lowest BCUT2D eigenvalue weighted by molar-refractivity contribution is -0.384. The molecule has 23 heavy (non-hydrogen) atoms. The molecule has 0 saturated carbocycles. The largest absolute Gasteiger partial charge is 0.465 e. The third-order valence-electron chi connectivity index (χ3n) is 3.95. The summed E-state index contributed by atoms with van der Waals surface area (Å²) in [7, 11) is 1.23. The van der Waals surface area contributed by atoms with Crippen molar-refractivity contribution >= 4 is 17.5 Å². The number of carbonyl (C=O) groups is 1. The number of methoxy groups -OCH3 is 1. The first kappa shape index (κ1) is 17.1. The monoisotopic (exact) mass is 322 g/mol. The van der Waals surface area contributed by atoms with Gasteiger partial charge in [0, 0.05) is 31.4 Å². The third-order valence-corrected chi connectivity index (χ3v) is 3.95. The number of esters is 1. The first-order valence-corrected chi connectivity index (χ1v) is 7.76. The summed E-state index contributed by atoms with van der Waals surface area (Å²) in [5.41, 5.74) is -0.133. The second-order valence-electron chi connectivity index (χ2n) is 5.60. The summed E-state index contributed by atoms with van der Waals surface area (Å²) in [5, 5.41) is 14.4. The fourth-order valence-corrected chi connectivity index (χ4v) is 2.74. The number of likely N-dealkylation sites (tertiary alicyclic amines) is 1. The minimum Gasteiger partial charge on any atom is -0.465 e. The Balaban J connectivity index is 2.08. The molecule has 1 aliphatic rings. The van der Waals surface area contributed by atoms with Gasteiger partial charge in [-0.15, -0.1) is 0 Å². The number of piperidine rings is 1. The van der Waals surface area contributed by atoms with Gasteiger partial charge in [-0.2, -0.15) is 0 Å². The number of nitrogens with one attached hydrogen (secondary N) is 1. The fourth-order valence-electron chi connectivity index (χ4n) is 2.74. The molecule has 0 spiro atoms. The van der Waals surface area contributed by atoms with Gasteiger partial charge < -0.3 is 15.0 Å². The lowest BCUT2D eigenvalue weighted by Gasteiger charge is -2.32. The fraction of sp³-hybridized carbons (Fsp3) is 0.600. The van der Waals surface area contributed by atoms with Gasteiger partial charge in [-0.25, -0.2) is 9.78 Å². The Labute approximate surface area is 135 Å². The number of pyridine rings is 1. The molecule has 1 fully saturated rings. The van der Waals surface area contributed by atoms with Crippen molar-refractivity contribution in [1.82, 2.24) is 9.88 Å². The van der Waals surface area contributed by atoms with Crippen LogP contribution in [0.15, 0.2) is 12.3 Å². The van der Waals surface area contributed by atoms with Crippen LogP contribution in [0, 0.1) is 10.1 Å². The maximum absolute atomic E-state index is 11.5. The highest BCUT2D eigenvalue weighted by Gasteiger charge is 2.24. The van der Waals surface area contributed by atoms with E-state index in [1.807, 2.05) is 0 Å². The molecule has 1 aromatic heterocycles. The topological polar surface area (TPSA) is 97.6 Å². The first-order valence-electron chi connectivity index (χ1n) is 7.76. The minimum absolute atomic E-state index is 0.0718.